The van der Waals surface area contributed by atoms with E-state index in [1.54, 1.807) is 11.1 Å². The number of hydrogen-bond donors (Lipinski definition) is 1. The standard InChI is InChI=1S/C31H43N3/c1-3-4-23-19-24-20-25(34-17-12-22(13-18-34)21-10-15-33-16-11-21)5-6-26(24)27-9-14-31(2)28(30(23)27)7-8-29(31)32/h5-6,10-11,15-16,20,22-23,27-30H,3-4,7-9,12-14,17-19,32H2,1-2H3. The van der Waals surface area contributed by atoms with Crippen molar-refractivity contribution in [2.75, 3.05) is 18.0 Å². The van der Waals surface area contributed by atoms with Gasteiger partial charge < -0.3 is 10.6 Å². The largest absolute Gasteiger partial charge is 0.371 e. The lowest BCUT2D eigenvalue weighted by atomic mass is 9.52. The van der Waals surface area contributed by atoms with E-state index >= 15 is 0 Å². The van der Waals surface area contributed by atoms with E-state index in [9.17, 15) is 0 Å². The van der Waals surface area contributed by atoms with Gasteiger partial charge in [-0.2, -0.15) is 0 Å². The van der Waals surface area contributed by atoms with Crippen molar-refractivity contribution < 1.29 is 0 Å². The van der Waals surface area contributed by atoms with Crippen molar-refractivity contribution in [2.24, 2.45) is 28.9 Å². The van der Waals surface area contributed by atoms with Gasteiger partial charge in [-0.05, 0) is 121 Å². The Morgan fingerprint density at radius 1 is 1.03 bits per heavy atom. The van der Waals surface area contributed by atoms with Crippen LogP contribution in [0.15, 0.2) is 42.7 Å². The lowest BCUT2D eigenvalue weighted by molar-refractivity contribution is 0.0156. The smallest absolute Gasteiger partial charge is 0.0369 e. The van der Waals surface area contributed by atoms with Crippen LogP contribution >= 0.6 is 0 Å². The summed E-state index contributed by atoms with van der Waals surface area (Å²) in [5.74, 6) is 3.96. The summed E-state index contributed by atoms with van der Waals surface area (Å²) in [4.78, 5) is 6.85. The van der Waals surface area contributed by atoms with Crippen LogP contribution in [0.25, 0.3) is 0 Å². The van der Waals surface area contributed by atoms with Gasteiger partial charge >= 0.3 is 0 Å². The molecule has 2 heterocycles. The molecule has 3 fully saturated rings. The number of aromatic nitrogens is 1. The first-order valence-corrected chi connectivity index (χ1v) is 14.1. The maximum atomic E-state index is 6.70. The van der Waals surface area contributed by atoms with Crippen LogP contribution in [-0.4, -0.2) is 24.1 Å². The van der Waals surface area contributed by atoms with Crippen LogP contribution in [0.2, 0.25) is 0 Å². The fourth-order valence-electron chi connectivity index (χ4n) is 8.77. The van der Waals surface area contributed by atoms with Crippen molar-refractivity contribution >= 4 is 5.69 Å². The molecular weight excluding hydrogens is 414 g/mol. The minimum atomic E-state index is 0.379. The number of anilines is 1. The minimum Gasteiger partial charge on any atom is -0.371 e. The number of rotatable bonds is 4. The number of hydrogen-bond acceptors (Lipinski definition) is 3. The van der Waals surface area contributed by atoms with E-state index < -0.39 is 0 Å². The van der Waals surface area contributed by atoms with Crippen LogP contribution < -0.4 is 10.6 Å². The van der Waals surface area contributed by atoms with Gasteiger partial charge in [-0.1, -0.05) is 32.8 Å². The molecule has 0 radical (unpaired) electrons. The molecule has 3 nitrogen and oxygen atoms in total. The summed E-state index contributed by atoms with van der Waals surface area (Å²) in [6, 6.07) is 12.4. The van der Waals surface area contributed by atoms with Crippen molar-refractivity contribution in [1.82, 2.24) is 4.98 Å². The van der Waals surface area contributed by atoms with Crippen LogP contribution in [0.1, 0.15) is 93.7 Å². The first kappa shape index (κ1) is 22.6. The summed E-state index contributed by atoms with van der Waals surface area (Å²) in [6.07, 6.45) is 15.6. The van der Waals surface area contributed by atoms with Gasteiger partial charge in [0.2, 0.25) is 0 Å². The SMILES string of the molecule is CCCC1Cc2cc(N3CCC(c4ccncc4)CC3)ccc2C2CCC3(C)C(N)CCC3C12. The monoisotopic (exact) mass is 457 g/mol. The summed E-state index contributed by atoms with van der Waals surface area (Å²) in [5, 5.41) is 0. The summed E-state index contributed by atoms with van der Waals surface area (Å²) < 4.78 is 0. The predicted octanol–water partition coefficient (Wildman–Crippen LogP) is 6.68. The van der Waals surface area contributed by atoms with Gasteiger partial charge in [0.1, 0.15) is 0 Å². The van der Waals surface area contributed by atoms with E-state index in [4.69, 9.17) is 5.73 Å². The van der Waals surface area contributed by atoms with Crippen molar-refractivity contribution in [2.45, 2.75) is 89.5 Å². The average molecular weight is 458 g/mol. The second-order valence-electron chi connectivity index (χ2n) is 12.2. The number of benzene rings is 1. The molecule has 2 aromatic rings. The summed E-state index contributed by atoms with van der Waals surface area (Å²) in [7, 11) is 0. The fourth-order valence-corrected chi connectivity index (χ4v) is 8.77. The summed E-state index contributed by atoms with van der Waals surface area (Å²) in [6.45, 7) is 7.24. The van der Waals surface area contributed by atoms with Crippen molar-refractivity contribution in [3.05, 3.63) is 59.4 Å². The van der Waals surface area contributed by atoms with Gasteiger partial charge in [0.15, 0.2) is 0 Å². The van der Waals surface area contributed by atoms with Gasteiger partial charge in [0.25, 0.3) is 0 Å². The van der Waals surface area contributed by atoms with Gasteiger partial charge in [-0.25, -0.2) is 0 Å². The number of fused-ring (bicyclic) bond motifs is 5. The molecule has 34 heavy (non-hydrogen) atoms. The number of pyridine rings is 1. The van der Waals surface area contributed by atoms with E-state index in [0.29, 0.717) is 17.4 Å². The Kier molecular flexibility index (Phi) is 5.96. The first-order chi connectivity index (χ1) is 16.6. The van der Waals surface area contributed by atoms with E-state index in [1.807, 2.05) is 12.4 Å². The predicted molar refractivity (Wildman–Crippen MR) is 141 cm³/mol. The Hall–Kier alpha value is -1.87. The molecule has 2 N–H and O–H groups in total. The zero-order valence-corrected chi connectivity index (χ0v) is 21.3. The third-order valence-corrected chi connectivity index (χ3v) is 10.7. The third-order valence-electron chi connectivity index (χ3n) is 10.7. The lowest BCUT2D eigenvalue weighted by Crippen LogP contribution is -2.49. The Bertz CT molecular complexity index is 995. The molecule has 1 aromatic carbocycles. The van der Waals surface area contributed by atoms with Crippen LogP contribution in [0, 0.1) is 23.2 Å². The molecule has 0 amide bonds. The Morgan fingerprint density at radius 3 is 2.59 bits per heavy atom. The van der Waals surface area contributed by atoms with E-state index in [-0.39, 0.29) is 0 Å². The molecule has 1 saturated heterocycles. The fraction of sp³-hybridized carbons (Fsp3) is 0.645. The van der Waals surface area contributed by atoms with Gasteiger partial charge in [-0.15, -0.1) is 0 Å². The summed E-state index contributed by atoms with van der Waals surface area (Å²) in [5.41, 5.74) is 13.4. The summed E-state index contributed by atoms with van der Waals surface area (Å²) >= 11 is 0. The van der Waals surface area contributed by atoms with Crippen molar-refractivity contribution in [1.29, 1.82) is 0 Å². The van der Waals surface area contributed by atoms with E-state index in [1.165, 1.54) is 69.0 Å². The molecule has 6 atom stereocenters. The molecule has 3 aliphatic carbocycles. The first-order valence-electron chi connectivity index (χ1n) is 14.1. The number of nitrogens with two attached hydrogens (primary N) is 1. The van der Waals surface area contributed by atoms with Gasteiger partial charge in [0, 0.05) is 37.2 Å². The number of piperidine rings is 1. The second kappa shape index (κ2) is 8.97. The van der Waals surface area contributed by atoms with E-state index in [2.05, 4.69) is 54.1 Å². The average Bonchev–Trinajstić information content (AvgIpc) is 3.18. The van der Waals surface area contributed by atoms with Crippen molar-refractivity contribution in [3.63, 3.8) is 0 Å². The lowest BCUT2D eigenvalue weighted by Gasteiger charge is -2.53. The molecule has 0 spiro atoms. The molecule has 6 unspecified atom stereocenters. The minimum absolute atomic E-state index is 0.379. The molecule has 6 rings (SSSR count). The Balaban J connectivity index is 1.23. The topological polar surface area (TPSA) is 42.2 Å². The zero-order valence-electron chi connectivity index (χ0n) is 21.3. The normalized spacial score (nSPS) is 35.5. The molecule has 1 aliphatic heterocycles. The molecule has 4 aliphatic rings. The number of nitrogens with zero attached hydrogens (tertiary/aromatic N) is 2. The molecule has 0 bridgehead atoms. The Morgan fingerprint density at radius 2 is 1.82 bits per heavy atom. The molecule has 182 valence electrons. The maximum Gasteiger partial charge on any atom is 0.0369 e. The maximum absolute atomic E-state index is 6.70. The molecule has 3 heteroatoms. The van der Waals surface area contributed by atoms with Gasteiger partial charge in [-0.3, -0.25) is 4.98 Å². The molecular formula is C31H43N3. The van der Waals surface area contributed by atoms with Crippen LogP contribution in [0.4, 0.5) is 5.69 Å². The van der Waals surface area contributed by atoms with E-state index in [0.717, 1.165) is 36.8 Å². The van der Waals surface area contributed by atoms with Crippen molar-refractivity contribution in [3.8, 4) is 0 Å². The zero-order chi connectivity index (χ0) is 23.3. The quantitative estimate of drug-likeness (QED) is 0.557. The van der Waals surface area contributed by atoms with Crippen LogP contribution in [0.5, 0.6) is 0 Å². The van der Waals surface area contributed by atoms with Gasteiger partial charge in [0.05, 0.1) is 0 Å². The van der Waals surface area contributed by atoms with Crippen LogP contribution in [0.3, 0.4) is 0 Å². The second-order valence-corrected chi connectivity index (χ2v) is 12.2. The molecule has 1 aromatic heterocycles. The highest BCUT2D eigenvalue weighted by Gasteiger charge is 2.55. The highest BCUT2D eigenvalue weighted by atomic mass is 15.1. The third kappa shape index (κ3) is 3.70. The van der Waals surface area contributed by atoms with Crippen LogP contribution in [-0.2, 0) is 6.42 Å². The highest BCUT2D eigenvalue weighted by Crippen LogP contribution is 2.62. The Labute approximate surface area is 206 Å². The molecule has 2 saturated carbocycles. The highest BCUT2D eigenvalue weighted by molar-refractivity contribution is 5.53.